The predicted octanol–water partition coefficient (Wildman–Crippen LogP) is 2.74. The molecule has 110 valence electrons. The van der Waals surface area contributed by atoms with Gasteiger partial charge in [0, 0.05) is 43.6 Å². The van der Waals surface area contributed by atoms with Crippen LogP contribution < -0.4 is 5.32 Å². The molecule has 2 unspecified atom stereocenters. The van der Waals surface area contributed by atoms with E-state index in [4.69, 9.17) is 0 Å². The Balaban J connectivity index is 1.75. The van der Waals surface area contributed by atoms with Gasteiger partial charge in [-0.25, -0.2) is 0 Å². The van der Waals surface area contributed by atoms with E-state index in [0.29, 0.717) is 11.6 Å². The van der Waals surface area contributed by atoms with Gasteiger partial charge in [0.2, 0.25) is 0 Å². The van der Waals surface area contributed by atoms with Crippen molar-refractivity contribution in [3.05, 3.63) is 29.6 Å². The van der Waals surface area contributed by atoms with Crippen molar-refractivity contribution < 1.29 is 0 Å². The number of aryl methyl sites for hydroxylation is 1. The van der Waals surface area contributed by atoms with Crippen LogP contribution in [0.2, 0.25) is 0 Å². The van der Waals surface area contributed by atoms with Crippen LogP contribution in [0.5, 0.6) is 0 Å². The summed E-state index contributed by atoms with van der Waals surface area (Å²) in [4.78, 5) is 6.98. The SMILES string of the molecule is CCC1CNC(C)(C2CC2)CN1Cc1cnccc1C. The lowest BCUT2D eigenvalue weighted by Crippen LogP contribution is -2.63. The highest BCUT2D eigenvalue weighted by atomic mass is 15.3. The normalized spacial score (nSPS) is 31.4. The van der Waals surface area contributed by atoms with Gasteiger partial charge >= 0.3 is 0 Å². The zero-order chi connectivity index (χ0) is 14.2. The molecule has 2 atom stereocenters. The van der Waals surface area contributed by atoms with Crippen LogP contribution in [0.3, 0.4) is 0 Å². The molecule has 2 fully saturated rings. The Bertz CT molecular complexity index is 469. The summed E-state index contributed by atoms with van der Waals surface area (Å²) < 4.78 is 0. The molecule has 1 saturated carbocycles. The Kier molecular flexibility index (Phi) is 3.83. The monoisotopic (exact) mass is 273 g/mol. The fourth-order valence-electron chi connectivity index (χ4n) is 3.55. The summed E-state index contributed by atoms with van der Waals surface area (Å²) in [7, 11) is 0. The van der Waals surface area contributed by atoms with Crippen molar-refractivity contribution in [2.45, 2.75) is 58.2 Å². The molecule has 20 heavy (non-hydrogen) atoms. The molecule has 1 aromatic heterocycles. The smallest absolute Gasteiger partial charge is 0.0315 e. The van der Waals surface area contributed by atoms with Crippen LogP contribution in [0.15, 0.2) is 18.5 Å². The molecule has 2 aliphatic rings. The van der Waals surface area contributed by atoms with Crippen molar-refractivity contribution in [3.8, 4) is 0 Å². The van der Waals surface area contributed by atoms with Crippen molar-refractivity contribution in [1.82, 2.24) is 15.2 Å². The van der Waals surface area contributed by atoms with E-state index in [-0.39, 0.29) is 0 Å². The van der Waals surface area contributed by atoms with Gasteiger partial charge in [-0.1, -0.05) is 6.92 Å². The van der Waals surface area contributed by atoms with E-state index < -0.39 is 0 Å². The summed E-state index contributed by atoms with van der Waals surface area (Å²) in [5.41, 5.74) is 3.06. The molecule has 1 N–H and O–H groups in total. The van der Waals surface area contributed by atoms with Crippen LogP contribution in [-0.4, -0.2) is 34.6 Å². The van der Waals surface area contributed by atoms with Crippen molar-refractivity contribution in [2.24, 2.45) is 5.92 Å². The number of nitrogens with one attached hydrogen (secondary N) is 1. The quantitative estimate of drug-likeness (QED) is 0.914. The molecule has 1 aromatic rings. The van der Waals surface area contributed by atoms with Gasteiger partial charge in [-0.15, -0.1) is 0 Å². The number of hydrogen-bond acceptors (Lipinski definition) is 3. The number of nitrogens with zero attached hydrogens (tertiary/aromatic N) is 2. The Morgan fingerprint density at radius 2 is 2.25 bits per heavy atom. The number of rotatable bonds is 4. The summed E-state index contributed by atoms with van der Waals surface area (Å²) >= 11 is 0. The molecule has 3 rings (SSSR count). The van der Waals surface area contributed by atoms with Crippen molar-refractivity contribution in [1.29, 1.82) is 0 Å². The average molecular weight is 273 g/mol. The Morgan fingerprint density at radius 1 is 1.45 bits per heavy atom. The third-order valence-corrected chi connectivity index (χ3v) is 5.26. The first-order chi connectivity index (χ1) is 9.62. The molecular weight excluding hydrogens is 246 g/mol. The number of piperazine rings is 1. The molecule has 3 heteroatoms. The van der Waals surface area contributed by atoms with Gasteiger partial charge in [-0.05, 0) is 56.2 Å². The highest BCUT2D eigenvalue weighted by Crippen LogP contribution is 2.41. The molecule has 0 bridgehead atoms. The van der Waals surface area contributed by atoms with Gasteiger partial charge in [-0.2, -0.15) is 0 Å². The minimum Gasteiger partial charge on any atom is -0.308 e. The lowest BCUT2D eigenvalue weighted by molar-refractivity contribution is 0.0663. The Hall–Kier alpha value is -0.930. The first-order valence-corrected chi connectivity index (χ1v) is 8.01. The van der Waals surface area contributed by atoms with Gasteiger partial charge < -0.3 is 5.32 Å². The number of hydrogen-bond donors (Lipinski definition) is 1. The molecule has 0 amide bonds. The summed E-state index contributed by atoms with van der Waals surface area (Å²) in [6, 6.07) is 2.78. The maximum absolute atomic E-state index is 4.30. The fraction of sp³-hybridized carbons (Fsp3) is 0.706. The topological polar surface area (TPSA) is 28.2 Å². The second-order valence-electron chi connectivity index (χ2n) is 6.84. The maximum Gasteiger partial charge on any atom is 0.0315 e. The summed E-state index contributed by atoms with van der Waals surface area (Å²) in [6.45, 7) is 10.3. The lowest BCUT2D eigenvalue weighted by Gasteiger charge is -2.46. The van der Waals surface area contributed by atoms with Gasteiger partial charge in [-0.3, -0.25) is 9.88 Å². The third-order valence-electron chi connectivity index (χ3n) is 5.26. The van der Waals surface area contributed by atoms with E-state index in [1.807, 2.05) is 12.4 Å². The molecule has 1 aliphatic carbocycles. The van der Waals surface area contributed by atoms with Crippen LogP contribution in [0.25, 0.3) is 0 Å². The average Bonchev–Trinajstić information content (AvgIpc) is 3.27. The van der Waals surface area contributed by atoms with Crippen LogP contribution in [0.1, 0.15) is 44.2 Å². The molecule has 0 spiro atoms. The maximum atomic E-state index is 4.30. The minimum atomic E-state index is 0.321. The largest absolute Gasteiger partial charge is 0.308 e. The van der Waals surface area contributed by atoms with Crippen molar-refractivity contribution >= 4 is 0 Å². The van der Waals surface area contributed by atoms with Crippen LogP contribution in [0, 0.1) is 12.8 Å². The zero-order valence-electron chi connectivity index (χ0n) is 13.0. The molecule has 0 radical (unpaired) electrons. The van der Waals surface area contributed by atoms with Crippen LogP contribution in [-0.2, 0) is 6.54 Å². The minimum absolute atomic E-state index is 0.321. The molecule has 3 nitrogen and oxygen atoms in total. The predicted molar refractivity (Wildman–Crippen MR) is 82.6 cm³/mol. The summed E-state index contributed by atoms with van der Waals surface area (Å²) in [6.07, 6.45) is 7.95. The highest BCUT2D eigenvalue weighted by molar-refractivity contribution is 5.21. The van der Waals surface area contributed by atoms with Crippen molar-refractivity contribution in [3.63, 3.8) is 0 Å². The Labute approximate surface area is 122 Å². The van der Waals surface area contributed by atoms with Crippen LogP contribution in [0.4, 0.5) is 0 Å². The van der Waals surface area contributed by atoms with Crippen molar-refractivity contribution in [2.75, 3.05) is 13.1 Å². The van der Waals surface area contributed by atoms with Gasteiger partial charge in [0.1, 0.15) is 0 Å². The zero-order valence-corrected chi connectivity index (χ0v) is 13.0. The van der Waals surface area contributed by atoms with Gasteiger partial charge in [0.05, 0.1) is 0 Å². The first kappa shape index (κ1) is 14.0. The third kappa shape index (κ3) is 2.75. The second kappa shape index (κ2) is 5.45. The molecule has 1 aliphatic heterocycles. The fourth-order valence-corrected chi connectivity index (χ4v) is 3.55. The Morgan fingerprint density at radius 3 is 2.90 bits per heavy atom. The number of aromatic nitrogens is 1. The van der Waals surface area contributed by atoms with E-state index >= 15 is 0 Å². The summed E-state index contributed by atoms with van der Waals surface area (Å²) in [5, 5.41) is 3.83. The van der Waals surface area contributed by atoms with Crippen LogP contribution >= 0.6 is 0 Å². The van der Waals surface area contributed by atoms with E-state index in [1.54, 1.807) is 0 Å². The van der Waals surface area contributed by atoms with E-state index in [1.165, 1.54) is 36.9 Å². The highest BCUT2D eigenvalue weighted by Gasteiger charge is 2.45. The van der Waals surface area contributed by atoms with E-state index in [9.17, 15) is 0 Å². The standard InChI is InChI=1S/C17H27N3/c1-4-16-10-19-17(3,15-5-6-15)12-20(16)11-14-9-18-8-7-13(14)2/h7-9,15-16,19H,4-6,10-12H2,1-3H3. The second-order valence-corrected chi connectivity index (χ2v) is 6.84. The molecule has 0 aromatic carbocycles. The first-order valence-electron chi connectivity index (χ1n) is 8.01. The molecular formula is C17H27N3. The van der Waals surface area contributed by atoms with Gasteiger partial charge in [0.15, 0.2) is 0 Å². The number of pyridine rings is 1. The van der Waals surface area contributed by atoms with E-state index in [0.717, 1.165) is 19.0 Å². The van der Waals surface area contributed by atoms with E-state index in [2.05, 4.69) is 42.0 Å². The molecule has 1 saturated heterocycles. The summed E-state index contributed by atoms with van der Waals surface area (Å²) in [5.74, 6) is 0.887. The molecule has 2 heterocycles. The lowest BCUT2D eigenvalue weighted by atomic mass is 9.90. The van der Waals surface area contributed by atoms with Gasteiger partial charge in [0.25, 0.3) is 0 Å².